The highest BCUT2D eigenvalue weighted by atomic mass is 15.2. The Morgan fingerprint density at radius 1 is 0.364 bits per heavy atom. The Labute approximate surface area is 382 Å². The third kappa shape index (κ3) is 3.72. The first kappa shape index (κ1) is 34.2. The van der Waals surface area contributed by atoms with Gasteiger partial charge >= 0.3 is 0 Å². The number of rotatable bonds is 0. The van der Waals surface area contributed by atoms with Crippen LogP contribution in [0, 0.1) is 0 Å². The maximum atomic E-state index is 2.80. The quantitative estimate of drug-likeness (QED) is 0.135. The molecule has 3 heteroatoms. The minimum Gasteiger partial charge on any atom is -0.187 e. The van der Waals surface area contributed by atoms with E-state index in [1.807, 2.05) is 0 Å². The Hall–Kier alpha value is -8.27. The summed E-state index contributed by atoms with van der Waals surface area (Å²) in [5, 5.41) is 0. The van der Waals surface area contributed by atoms with Crippen molar-refractivity contribution in [2.24, 2.45) is 0 Å². The maximum absolute atomic E-state index is 2.80. The average molecular weight is 837 g/mol. The van der Waals surface area contributed by atoms with Crippen molar-refractivity contribution in [1.82, 2.24) is 0 Å². The largest absolute Gasteiger partial charge is 0.246 e. The summed E-state index contributed by atoms with van der Waals surface area (Å²) < 4.78 is 7.98. The molecule has 3 atom stereocenters. The molecule has 302 valence electrons. The second-order valence-corrected chi connectivity index (χ2v) is 19.5. The predicted octanol–water partition coefficient (Wildman–Crippen LogP) is 12.2. The van der Waals surface area contributed by atoms with E-state index in [9.17, 15) is 0 Å². The molecule has 6 aliphatic heterocycles. The van der Waals surface area contributed by atoms with Crippen molar-refractivity contribution in [2.45, 2.75) is 22.9 Å². The lowest BCUT2D eigenvalue weighted by Crippen LogP contribution is -2.62. The van der Waals surface area contributed by atoms with E-state index in [0.717, 1.165) is 6.42 Å². The van der Waals surface area contributed by atoms with Crippen molar-refractivity contribution in [3.05, 3.63) is 252 Å². The molecule has 2 aliphatic carbocycles. The second kappa shape index (κ2) is 11.3. The highest BCUT2D eigenvalue weighted by molar-refractivity contribution is 6.10. The van der Waals surface area contributed by atoms with Crippen molar-refractivity contribution in [2.75, 3.05) is 0 Å². The molecular weight excluding hydrogens is 799 g/mol. The fourth-order valence-corrected chi connectivity index (χ4v) is 14.1. The van der Waals surface area contributed by atoms with Gasteiger partial charge in [-0.05, 0) is 105 Å². The van der Waals surface area contributed by atoms with Crippen LogP contribution >= 0.6 is 0 Å². The smallest absolute Gasteiger partial charge is 0.187 e. The minimum absolute atomic E-state index is 0.417. The van der Waals surface area contributed by atoms with E-state index in [1.54, 1.807) is 0 Å². The van der Waals surface area contributed by atoms with E-state index < -0.39 is 16.5 Å². The molecule has 0 saturated heterocycles. The molecule has 8 aliphatic rings. The van der Waals surface area contributed by atoms with Gasteiger partial charge in [-0.25, -0.2) is 0 Å². The highest BCUT2D eigenvalue weighted by Gasteiger charge is 2.81. The number of pyridine rings is 3. The summed E-state index contributed by atoms with van der Waals surface area (Å²) in [6, 6.07) is 69.8. The summed E-state index contributed by atoms with van der Waals surface area (Å²) in [6.45, 7) is 0. The third-order valence-electron chi connectivity index (χ3n) is 16.8. The fourth-order valence-electron chi connectivity index (χ4n) is 14.1. The van der Waals surface area contributed by atoms with Gasteiger partial charge < -0.3 is 0 Å². The number of hydrogen-bond donors (Lipinski definition) is 0. The standard InChI is InChI=1S/C63H38N3/c1-2-16-45-41-31-54-46-17-5-3-14-43(46)38-25-28-56-49-20-8-10-22-51(49)60(64(56)34-38)59-50-21-9-7-19-48(50)57-29-26-40(42(45)13-1)36-66(57)63(59,32-41)55-33-61-37-62(54,61)53-24-12-11-23-52(53)58-30-27-39(35-65(58)61)44-15-4-6-18-47(44)55/h1-36H,37H2/q+3/b41-32+,54-31?,55-33-,60-59?. The second-order valence-electron chi connectivity index (χ2n) is 19.5. The van der Waals surface area contributed by atoms with Crippen molar-refractivity contribution >= 4 is 28.0 Å². The highest BCUT2D eigenvalue weighted by Crippen LogP contribution is 2.73. The molecule has 11 bridgehead atoms. The molecule has 3 aromatic heterocycles. The van der Waals surface area contributed by atoms with Gasteiger partial charge in [0.1, 0.15) is 5.57 Å². The van der Waals surface area contributed by atoms with Crippen LogP contribution in [0.4, 0.5) is 0 Å². The Morgan fingerprint density at radius 2 is 0.864 bits per heavy atom. The van der Waals surface area contributed by atoms with E-state index >= 15 is 0 Å². The zero-order valence-corrected chi connectivity index (χ0v) is 35.8. The van der Waals surface area contributed by atoms with Gasteiger partial charge in [0.05, 0.1) is 27.7 Å². The third-order valence-corrected chi connectivity index (χ3v) is 16.8. The lowest BCUT2D eigenvalue weighted by Gasteiger charge is -2.39. The molecule has 6 aromatic carbocycles. The number of allylic oxidation sites excluding steroid dienone is 7. The molecule has 9 aromatic rings. The number of benzene rings is 6. The van der Waals surface area contributed by atoms with Crippen LogP contribution in [0.15, 0.2) is 219 Å². The zero-order valence-electron chi connectivity index (χ0n) is 35.8. The molecule has 9 heterocycles. The maximum Gasteiger partial charge on any atom is 0.246 e. The summed E-state index contributed by atoms with van der Waals surface area (Å²) >= 11 is 0. The summed E-state index contributed by atoms with van der Waals surface area (Å²) in [5.74, 6) is 0. The Balaban J connectivity index is 1.21. The molecule has 17 rings (SSSR count). The number of fused-ring (bicyclic) bond motifs is 19. The van der Waals surface area contributed by atoms with Crippen LogP contribution < -0.4 is 13.7 Å². The minimum atomic E-state index is -0.867. The van der Waals surface area contributed by atoms with Gasteiger partial charge in [-0.3, -0.25) is 0 Å². The topological polar surface area (TPSA) is 11.6 Å². The number of hydrogen-bond acceptors (Lipinski definition) is 0. The summed E-state index contributed by atoms with van der Waals surface area (Å²) in [7, 11) is 0. The van der Waals surface area contributed by atoms with E-state index in [0.29, 0.717) is 0 Å². The van der Waals surface area contributed by atoms with Crippen molar-refractivity contribution in [3.8, 4) is 67.2 Å². The van der Waals surface area contributed by atoms with E-state index in [4.69, 9.17) is 0 Å². The van der Waals surface area contributed by atoms with Crippen LogP contribution in [0.2, 0.25) is 0 Å². The van der Waals surface area contributed by atoms with Crippen molar-refractivity contribution in [1.29, 1.82) is 0 Å². The summed E-state index contributed by atoms with van der Waals surface area (Å²) in [4.78, 5) is 0. The van der Waals surface area contributed by atoms with Gasteiger partial charge in [0.25, 0.3) is 0 Å². The molecule has 0 radical (unpaired) electrons. The first-order chi connectivity index (χ1) is 32.7. The van der Waals surface area contributed by atoms with Gasteiger partial charge in [0, 0.05) is 58.5 Å². The van der Waals surface area contributed by atoms with Crippen LogP contribution in [0.25, 0.3) is 95.1 Å². The number of nitrogens with zero attached hydrogens (tertiary/aromatic N) is 3. The first-order valence-corrected chi connectivity index (χ1v) is 23.4. The Kier molecular flexibility index (Phi) is 5.86. The van der Waals surface area contributed by atoms with Crippen LogP contribution in [0.1, 0.15) is 39.8 Å². The van der Waals surface area contributed by atoms with Gasteiger partial charge in [-0.1, -0.05) is 121 Å². The predicted molar refractivity (Wildman–Crippen MR) is 261 cm³/mol. The lowest BCUT2D eigenvalue weighted by atomic mass is 9.67. The van der Waals surface area contributed by atoms with Gasteiger partial charge in [-0.15, -0.1) is 0 Å². The van der Waals surface area contributed by atoms with Crippen molar-refractivity contribution < 1.29 is 13.7 Å². The molecule has 1 fully saturated rings. The first-order valence-electron chi connectivity index (χ1n) is 23.4. The normalized spacial score (nSPS) is 23.8. The van der Waals surface area contributed by atoms with E-state index in [-0.39, 0.29) is 0 Å². The van der Waals surface area contributed by atoms with E-state index in [1.165, 1.54) is 129 Å². The number of aromatic nitrogens is 3. The molecule has 66 heavy (non-hydrogen) atoms. The van der Waals surface area contributed by atoms with Crippen LogP contribution in [-0.2, 0) is 16.5 Å². The molecule has 0 N–H and O–H groups in total. The monoisotopic (exact) mass is 836 g/mol. The SMILES string of the molecule is C1=C2c3ccccc3-c3ccc4[n+](c3)C(=C3c5ccccc5-c5ccc6c[n+]5C3(/C=C\1c1ccccc1-6)/C1=C\C35CC23c2ccccc2-c2ccc(c[n+]25)-c2ccccc21)c1ccccc1-4. The fraction of sp³-hybridized carbons (Fsp3) is 0.0635. The Morgan fingerprint density at radius 3 is 1.58 bits per heavy atom. The molecule has 2 spiro atoms. The van der Waals surface area contributed by atoms with Crippen LogP contribution in [0.3, 0.4) is 0 Å². The lowest BCUT2D eigenvalue weighted by molar-refractivity contribution is -0.723. The molecule has 3 nitrogen and oxygen atoms in total. The average Bonchev–Trinajstić information content (AvgIpc) is 3.96. The van der Waals surface area contributed by atoms with Gasteiger partial charge in [-0.2, -0.15) is 13.7 Å². The molecular formula is C63H38N3+3. The van der Waals surface area contributed by atoms with Gasteiger partial charge in [0.2, 0.25) is 33.9 Å². The zero-order chi connectivity index (χ0) is 42.7. The van der Waals surface area contributed by atoms with Crippen LogP contribution in [0.5, 0.6) is 0 Å². The summed E-state index contributed by atoms with van der Waals surface area (Å²) in [6.07, 6.45) is 16.6. The van der Waals surface area contributed by atoms with Crippen molar-refractivity contribution in [3.63, 3.8) is 0 Å². The molecule has 1 saturated carbocycles. The van der Waals surface area contributed by atoms with Crippen LogP contribution in [-0.4, -0.2) is 0 Å². The summed E-state index contributed by atoms with van der Waals surface area (Å²) in [5.41, 5.74) is 27.3. The van der Waals surface area contributed by atoms with Gasteiger partial charge in [0.15, 0.2) is 18.6 Å². The van der Waals surface area contributed by atoms with E-state index in [2.05, 4.69) is 233 Å². The molecule has 3 unspecified atom stereocenters. The molecule has 0 amide bonds. The Bertz CT molecular complexity index is 3990.